The normalized spacial score (nSPS) is 12.2. The first-order chi connectivity index (χ1) is 14.1. The molecule has 1 aromatic heterocycles. The van der Waals surface area contributed by atoms with E-state index in [0.717, 1.165) is 28.4 Å². The summed E-state index contributed by atoms with van der Waals surface area (Å²) in [6.07, 6.45) is 0. The fourth-order valence-electron chi connectivity index (χ4n) is 3.40. The molecule has 29 heavy (non-hydrogen) atoms. The van der Waals surface area contributed by atoms with E-state index in [4.69, 9.17) is 0 Å². The van der Waals surface area contributed by atoms with Crippen molar-refractivity contribution in [3.63, 3.8) is 0 Å². The molecule has 7 heteroatoms. The third kappa shape index (κ3) is 4.31. The zero-order valence-electron chi connectivity index (χ0n) is 15.7. The second kappa shape index (κ2) is 8.46. The highest BCUT2D eigenvalue weighted by Gasteiger charge is 2.22. The number of aromatic nitrogens is 2. The molecule has 0 aliphatic rings. The van der Waals surface area contributed by atoms with Crippen molar-refractivity contribution in [2.24, 2.45) is 0 Å². The lowest BCUT2D eigenvalue weighted by Crippen LogP contribution is -2.34. The van der Waals surface area contributed by atoms with E-state index in [-0.39, 0.29) is 24.3 Å². The van der Waals surface area contributed by atoms with Gasteiger partial charge in [0, 0.05) is 0 Å². The Hall–Kier alpha value is -3.16. The Balaban J connectivity index is 1.56. The highest BCUT2D eigenvalue weighted by atomic mass is 32.1. The molecule has 1 heterocycles. The summed E-state index contributed by atoms with van der Waals surface area (Å²) in [5, 5.41) is 2.93. The minimum absolute atomic E-state index is 0.156. The van der Waals surface area contributed by atoms with Gasteiger partial charge in [-0.05, 0) is 42.4 Å². The van der Waals surface area contributed by atoms with E-state index in [9.17, 15) is 9.18 Å². The van der Waals surface area contributed by atoms with Gasteiger partial charge in [0.25, 0.3) is 0 Å². The minimum Gasteiger partial charge on any atom is -0.323 e. The van der Waals surface area contributed by atoms with Gasteiger partial charge < -0.3 is 5.32 Å². The Labute approximate surface area is 172 Å². The largest absolute Gasteiger partial charge is 0.323 e. The summed E-state index contributed by atoms with van der Waals surface area (Å²) in [6, 6.07) is 21.6. The van der Waals surface area contributed by atoms with Gasteiger partial charge in [-0.15, -0.1) is 0 Å². The van der Waals surface area contributed by atoms with Crippen molar-refractivity contribution in [1.29, 1.82) is 0 Å². The maximum Gasteiger partial charge on any atom is 0.238 e. The molecule has 146 valence electrons. The Morgan fingerprint density at radius 3 is 2.48 bits per heavy atom. The molecule has 0 spiro atoms. The van der Waals surface area contributed by atoms with Gasteiger partial charge in [0.1, 0.15) is 16.9 Å². The van der Waals surface area contributed by atoms with Crippen LogP contribution in [0.25, 0.3) is 11.0 Å². The molecule has 1 N–H and O–H groups in total. The van der Waals surface area contributed by atoms with Crippen molar-refractivity contribution in [1.82, 2.24) is 13.6 Å². The van der Waals surface area contributed by atoms with E-state index in [0.29, 0.717) is 11.2 Å². The van der Waals surface area contributed by atoms with Gasteiger partial charge in [-0.25, -0.2) is 4.39 Å². The highest BCUT2D eigenvalue weighted by molar-refractivity contribution is 7.00. The summed E-state index contributed by atoms with van der Waals surface area (Å²) in [4.78, 5) is 14.7. The maximum absolute atomic E-state index is 13.4. The summed E-state index contributed by atoms with van der Waals surface area (Å²) in [7, 11) is 1.88. The van der Waals surface area contributed by atoms with Gasteiger partial charge in [-0.2, -0.15) is 8.75 Å². The Kier molecular flexibility index (Phi) is 5.59. The average molecular weight is 406 g/mol. The number of nitrogens with zero attached hydrogens (tertiary/aromatic N) is 3. The number of hydrogen-bond acceptors (Lipinski definition) is 5. The highest BCUT2D eigenvalue weighted by Crippen LogP contribution is 2.28. The van der Waals surface area contributed by atoms with Gasteiger partial charge in [-0.1, -0.05) is 48.5 Å². The molecule has 0 saturated heterocycles. The van der Waals surface area contributed by atoms with Crippen LogP contribution < -0.4 is 5.32 Å². The molecule has 4 aromatic rings. The Bertz CT molecular complexity index is 1110. The number of carbonyl (C=O) groups is 1. The van der Waals surface area contributed by atoms with Crippen LogP contribution in [0.3, 0.4) is 0 Å². The first-order valence-electron chi connectivity index (χ1n) is 9.13. The van der Waals surface area contributed by atoms with Gasteiger partial charge in [0.05, 0.1) is 30.0 Å². The van der Waals surface area contributed by atoms with Gasteiger partial charge in [0.2, 0.25) is 5.91 Å². The Morgan fingerprint density at radius 1 is 1.00 bits per heavy atom. The van der Waals surface area contributed by atoms with Crippen molar-refractivity contribution in [2.45, 2.75) is 6.04 Å². The number of hydrogen-bond donors (Lipinski definition) is 1. The summed E-state index contributed by atoms with van der Waals surface area (Å²) >= 11 is 1.12. The lowest BCUT2D eigenvalue weighted by molar-refractivity contribution is -0.117. The minimum atomic E-state index is -0.286. The molecule has 1 atom stereocenters. The van der Waals surface area contributed by atoms with Crippen LogP contribution in [0, 0.1) is 5.82 Å². The lowest BCUT2D eigenvalue weighted by Gasteiger charge is -2.28. The van der Waals surface area contributed by atoms with Crippen LogP contribution in [-0.4, -0.2) is 33.1 Å². The molecular weight excluding hydrogens is 387 g/mol. The molecule has 0 fully saturated rings. The zero-order chi connectivity index (χ0) is 20.2. The van der Waals surface area contributed by atoms with E-state index in [1.165, 1.54) is 12.1 Å². The SMILES string of the molecule is CN(CC(=O)Nc1cccc2nsnc12)C(c1ccccc1)c1ccc(F)cc1. The summed E-state index contributed by atoms with van der Waals surface area (Å²) in [5.41, 5.74) is 4.04. The molecular formula is C22H19FN4OS. The molecule has 0 bridgehead atoms. The molecule has 0 radical (unpaired) electrons. The topological polar surface area (TPSA) is 58.1 Å². The van der Waals surface area contributed by atoms with Crippen LogP contribution in [0.1, 0.15) is 17.2 Å². The summed E-state index contributed by atoms with van der Waals surface area (Å²) in [6.45, 7) is 0.158. The van der Waals surface area contributed by atoms with E-state index in [1.54, 1.807) is 12.1 Å². The van der Waals surface area contributed by atoms with Crippen LogP contribution in [0.4, 0.5) is 10.1 Å². The van der Waals surface area contributed by atoms with E-state index < -0.39 is 0 Å². The number of carbonyl (C=O) groups excluding carboxylic acids is 1. The van der Waals surface area contributed by atoms with Crippen molar-refractivity contribution in [3.8, 4) is 0 Å². The van der Waals surface area contributed by atoms with Crippen LogP contribution in [0.15, 0.2) is 72.8 Å². The monoisotopic (exact) mass is 406 g/mol. The quantitative estimate of drug-likeness (QED) is 0.513. The number of amides is 1. The predicted molar refractivity (Wildman–Crippen MR) is 113 cm³/mol. The van der Waals surface area contributed by atoms with Crippen molar-refractivity contribution in [3.05, 3.63) is 89.7 Å². The molecule has 4 rings (SSSR count). The molecule has 0 saturated carbocycles. The summed E-state index contributed by atoms with van der Waals surface area (Å²) in [5.74, 6) is -0.443. The van der Waals surface area contributed by atoms with Crippen LogP contribution in [0.5, 0.6) is 0 Å². The smallest absolute Gasteiger partial charge is 0.238 e. The number of fused-ring (bicyclic) bond motifs is 1. The predicted octanol–water partition coefficient (Wildman–Crippen LogP) is 4.49. The molecule has 5 nitrogen and oxygen atoms in total. The van der Waals surface area contributed by atoms with Gasteiger partial charge in [-0.3, -0.25) is 9.69 Å². The van der Waals surface area contributed by atoms with Crippen LogP contribution in [0.2, 0.25) is 0 Å². The fourth-order valence-corrected chi connectivity index (χ4v) is 3.95. The van der Waals surface area contributed by atoms with Gasteiger partial charge in [0.15, 0.2) is 0 Å². The molecule has 0 aliphatic heterocycles. The van der Waals surface area contributed by atoms with E-state index in [1.807, 2.05) is 60.5 Å². The third-order valence-corrected chi connectivity index (χ3v) is 5.24. The third-order valence-electron chi connectivity index (χ3n) is 4.69. The first kappa shape index (κ1) is 19.2. The molecule has 1 unspecified atom stereocenters. The first-order valence-corrected chi connectivity index (χ1v) is 9.86. The Morgan fingerprint density at radius 2 is 1.72 bits per heavy atom. The number of rotatable bonds is 6. The average Bonchev–Trinajstić information content (AvgIpc) is 3.20. The van der Waals surface area contributed by atoms with E-state index >= 15 is 0 Å². The molecule has 3 aromatic carbocycles. The number of anilines is 1. The zero-order valence-corrected chi connectivity index (χ0v) is 16.6. The van der Waals surface area contributed by atoms with Crippen LogP contribution in [-0.2, 0) is 4.79 Å². The van der Waals surface area contributed by atoms with Crippen molar-refractivity contribution in [2.75, 3.05) is 18.9 Å². The second-order valence-corrected chi connectivity index (χ2v) is 7.29. The maximum atomic E-state index is 13.4. The number of benzene rings is 3. The fraction of sp³-hybridized carbons (Fsp3) is 0.136. The van der Waals surface area contributed by atoms with Crippen molar-refractivity contribution < 1.29 is 9.18 Å². The number of halogens is 1. The van der Waals surface area contributed by atoms with Crippen LogP contribution >= 0.6 is 11.7 Å². The van der Waals surface area contributed by atoms with Crippen molar-refractivity contribution >= 4 is 34.4 Å². The number of likely N-dealkylation sites (N-methyl/N-ethyl adjacent to an activating group) is 1. The lowest BCUT2D eigenvalue weighted by atomic mass is 9.97. The van der Waals surface area contributed by atoms with Gasteiger partial charge >= 0.3 is 0 Å². The summed E-state index contributed by atoms with van der Waals surface area (Å²) < 4.78 is 21.9. The van der Waals surface area contributed by atoms with E-state index in [2.05, 4.69) is 14.1 Å². The number of nitrogens with one attached hydrogen (secondary N) is 1. The second-order valence-electron chi connectivity index (χ2n) is 6.77. The standard InChI is InChI=1S/C22H19FN4OS/c1-27(14-20(28)24-18-8-5-9-19-21(18)26-29-25-19)22(15-6-3-2-4-7-15)16-10-12-17(23)13-11-16/h2-13,22H,14H2,1H3,(H,24,28). The molecule has 1 amide bonds. The molecule has 0 aliphatic carbocycles.